The van der Waals surface area contributed by atoms with Gasteiger partial charge in [0.25, 0.3) is 0 Å². The van der Waals surface area contributed by atoms with Crippen LogP contribution in [-0.2, 0) is 23.1 Å². The number of benzene rings is 2. The average Bonchev–Trinajstić information content (AvgIpc) is 3.15. The summed E-state index contributed by atoms with van der Waals surface area (Å²) in [6, 6.07) is 14.5. The summed E-state index contributed by atoms with van der Waals surface area (Å²) in [5, 5.41) is 3.96. The zero-order chi connectivity index (χ0) is 20.1. The van der Waals surface area contributed by atoms with Crippen molar-refractivity contribution in [1.82, 2.24) is 14.4 Å². The molecule has 3 rings (SSSR count). The summed E-state index contributed by atoms with van der Waals surface area (Å²) in [4.78, 5) is 4.33. The second-order valence-electron chi connectivity index (χ2n) is 6.09. The lowest BCUT2D eigenvalue weighted by Gasteiger charge is -2.17. The van der Waals surface area contributed by atoms with E-state index in [0.29, 0.717) is 22.9 Å². The van der Waals surface area contributed by atoms with E-state index in [-0.39, 0.29) is 19.0 Å². The second-order valence-corrected chi connectivity index (χ2v) is 8.08. The van der Waals surface area contributed by atoms with Crippen LogP contribution >= 0.6 is 0 Å². The maximum absolute atomic E-state index is 12.2. The fourth-order valence-electron chi connectivity index (χ4n) is 2.64. The highest BCUT2D eigenvalue weighted by atomic mass is 32.2. The van der Waals surface area contributed by atoms with E-state index in [2.05, 4.69) is 10.1 Å². The molecule has 0 aliphatic heterocycles. The van der Waals surface area contributed by atoms with Crippen molar-refractivity contribution < 1.29 is 22.4 Å². The van der Waals surface area contributed by atoms with E-state index in [1.54, 1.807) is 25.3 Å². The van der Waals surface area contributed by atoms with Crippen LogP contribution in [0.25, 0.3) is 11.4 Å². The second kappa shape index (κ2) is 8.41. The number of rotatable bonds is 8. The van der Waals surface area contributed by atoms with Crippen LogP contribution in [0.5, 0.6) is 11.5 Å². The summed E-state index contributed by atoms with van der Waals surface area (Å²) in [6.07, 6.45) is 1.15. The molecule has 0 saturated heterocycles. The smallest absolute Gasteiger partial charge is 0.242 e. The average molecular weight is 403 g/mol. The molecule has 28 heavy (non-hydrogen) atoms. The van der Waals surface area contributed by atoms with Gasteiger partial charge in [-0.2, -0.15) is 9.29 Å². The number of sulfonamides is 1. The maximum atomic E-state index is 12.2. The van der Waals surface area contributed by atoms with Gasteiger partial charge in [0, 0.05) is 12.6 Å². The Morgan fingerprint density at radius 1 is 1.04 bits per heavy atom. The topological polar surface area (TPSA) is 94.8 Å². The molecule has 8 nitrogen and oxygen atoms in total. The van der Waals surface area contributed by atoms with Crippen LogP contribution in [0.4, 0.5) is 0 Å². The summed E-state index contributed by atoms with van der Waals surface area (Å²) in [5.41, 5.74) is 1.48. The van der Waals surface area contributed by atoms with E-state index in [1.807, 2.05) is 30.3 Å². The monoisotopic (exact) mass is 403 g/mol. The first-order valence-corrected chi connectivity index (χ1v) is 10.3. The zero-order valence-corrected chi connectivity index (χ0v) is 16.6. The maximum Gasteiger partial charge on any atom is 0.242 e. The number of hydrogen-bond acceptors (Lipinski definition) is 7. The van der Waals surface area contributed by atoms with E-state index in [4.69, 9.17) is 14.0 Å². The summed E-state index contributed by atoms with van der Waals surface area (Å²) in [5.74, 6) is 1.66. The molecule has 0 aliphatic rings. The van der Waals surface area contributed by atoms with Crippen LogP contribution in [0, 0.1) is 0 Å². The van der Waals surface area contributed by atoms with E-state index >= 15 is 0 Å². The molecule has 9 heteroatoms. The third kappa shape index (κ3) is 4.68. The van der Waals surface area contributed by atoms with Gasteiger partial charge >= 0.3 is 0 Å². The Bertz CT molecular complexity index is 1030. The SMILES string of the molecule is COc1ccc(-c2noc(CN(Cc3ccccc3)S(C)(=O)=O)n2)c(OC)c1. The molecule has 0 radical (unpaired) electrons. The van der Waals surface area contributed by atoms with Crippen molar-refractivity contribution in [3.8, 4) is 22.9 Å². The number of aromatic nitrogens is 2. The summed E-state index contributed by atoms with van der Waals surface area (Å²) in [7, 11) is -0.379. The van der Waals surface area contributed by atoms with Crippen molar-refractivity contribution in [2.75, 3.05) is 20.5 Å². The minimum Gasteiger partial charge on any atom is -0.497 e. The van der Waals surface area contributed by atoms with Gasteiger partial charge in [0.1, 0.15) is 11.5 Å². The van der Waals surface area contributed by atoms with Gasteiger partial charge in [-0.25, -0.2) is 8.42 Å². The summed E-state index contributed by atoms with van der Waals surface area (Å²) in [6.45, 7) is 0.183. The summed E-state index contributed by atoms with van der Waals surface area (Å²) >= 11 is 0. The molecular weight excluding hydrogens is 382 g/mol. The third-order valence-corrected chi connectivity index (χ3v) is 5.30. The Balaban J connectivity index is 1.84. The third-order valence-electron chi connectivity index (χ3n) is 4.10. The van der Waals surface area contributed by atoms with E-state index in [1.165, 1.54) is 11.4 Å². The molecule has 2 aromatic carbocycles. The highest BCUT2D eigenvalue weighted by molar-refractivity contribution is 7.88. The molecule has 0 atom stereocenters. The molecule has 1 heterocycles. The minimum atomic E-state index is -3.47. The Morgan fingerprint density at radius 3 is 2.43 bits per heavy atom. The molecule has 1 aromatic heterocycles. The number of ether oxygens (including phenoxy) is 2. The fourth-order valence-corrected chi connectivity index (χ4v) is 3.37. The largest absolute Gasteiger partial charge is 0.497 e. The lowest BCUT2D eigenvalue weighted by atomic mass is 10.2. The van der Waals surface area contributed by atoms with E-state index in [0.717, 1.165) is 11.8 Å². The van der Waals surface area contributed by atoms with Gasteiger partial charge < -0.3 is 14.0 Å². The molecular formula is C19H21N3O5S. The van der Waals surface area contributed by atoms with Crippen LogP contribution in [0.15, 0.2) is 53.1 Å². The Labute approximate surface area is 163 Å². The van der Waals surface area contributed by atoms with Crippen LogP contribution < -0.4 is 9.47 Å². The zero-order valence-electron chi connectivity index (χ0n) is 15.8. The Morgan fingerprint density at radius 2 is 1.79 bits per heavy atom. The fraction of sp³-hybridized carbons (Fsp3) is 0.263. The molecule has 0 spiro atoms. The van der Waals surface area contributed by atoms with Gasteiger partial charge in [-0.1, -0.05) is 35.5 Å². The predicted octanol–water partition coefficient (Wildman–Crippen LogP) is 2.72. The van der Waals surface area contributed by atoms with Gasteiger partial charge in [0.2, 0.25) is 21.7 Å². The van der Waals surface area contributed by atoms with Crippen molar-refractivity contribution in [1.29, 1.82) is 0 Å². The number of hydrogen-bond donors (Lipinski definition) is 0. The quantitative estimate of drug-likeness (QED) is 0.571. The molecule has 0 unspecified atom stereocenters. The normalized spacial score (nSPS) is 11.6. The van der Waals surface area contributed by atoms with Crippen LogP contribution in [-0.4, -0.2) is 43.3 Å². The highest BCUT2D eigenvalue weighted by Gasteiger charge is 2.22. The summed E-state index contributed by atoms with van der Waals surface area (Å²) < 4.78 is 41.5. The number of nitrogens with zero attached hydrogens (tertiary/aromatic N) is 3. The highest BCUT2D eigenvalue weighted by Crippen LogP contribution is 2.31. The molecule has 148 valence electrons. The molecule has 0 N–H and O–H groups in total. The van der Waals surface area contributed by atoms with E-state index in [9.17, 15) is 8.42 Å². The molecule has 0 amide bonds. The lowest BCUT2D eigenvalue weighted by molar-refractivity contribution is 0.313. The first-order chi connectivity index (χ1) is 13.4. The molecule has 0 aliphatic carbocycles. The predicted molar refractivity (Wildman–Crippen MR) is 103 cm³/mol. The molecule has 0 saturated carbocycles. The van der Waals surface area contributed by atoms with Crippen LogP contribution in [0.1, 0.15) is 11.5 Å². The van der Waals surface area contributed by atoms with Gasteiger partial charge in [-0.05, 0) is 17.7 Å². The molecule has 0 bridgehead atoms. The van der Waals surface area contributed by atoms with Gasteiger partial charge in [0.15, 0.2) is 0 Å². The number of methoxy groups -OCH3 is 2. The minimum absolute atomic E-state index is 0.0286. The molecule has 3 aromatic rings. The first-order valence-electron chi connectivity index (χ1n) is 8.44. The van der Waals surface area contributed by atoms with Crippen molar-refractivity contribution in [2.45, 2.75) is 13.1 Å². The molecule has 0 fully saturated rings. The standard InChI is InChI=1S/C19H21N3O5S/c1-25-15-9-10-16(17(11-15)26-2)19-20-18(27-21-19)13-22(28(3,23)24)12-14-7-5-4-6-8-14/h4-11H,12-13H2,1-3H3. The Kier molecular flexibility index (Phi) is 5.96. The van der Waals surface area contributed by atoms with Crippen molar-refractivity contribution in [3.63, 3.8) is 0 Å². The Hall–Kier alpha value is -2.91. The van der Waals surface area contributed by atoms with Crippen molar-refractivity contribution in [3.05, 3.63) is 60.0 Å². The van der Waals surface area contributed by atoms with Crippen molar-refractivity contribution >= 4 is 10.0 Å². The van der Waals surface area contributed by atoms with Crippen LogP contribution in [0.3, 0.4) is 0 Å². The lowest BCUT2D eigenvalue weighted by Crippen LogP contribution is -2.29. The van der Waals surface area contributed by atoms with Gasteiger partial charge in [-0.3, -0.25) is 0 Å². The van der Waals surface area contributed by atoms with Crippen molar-refractivity contribution in [2.24, 2.45) is 0 Å². The van der Waals surface area contributed by atoms with Gasteiger partial charge in [0.05, 0.1) is 32.6 Å². The van der Waals surface area contributed by atoms with Gasteiger partial charge in [-0.15, -0.1) is 0 Å². The van der Waals surface area contributed by atoms with E-state index < -0.39 is 10.0 Å². The van der Waals surface area contributed by atoms with Crippen LogP contribution in [0.2, 0.25) is 0 Å². The first kappa shape index (κ1) is 19.8.